The second kappa shape index (κ2) is 8.24. The molecule has 0 fully saturated rings. The predicted octanol–water partition coefficient (Wildman–Crippen LogP) is 2.06. The van der Waals surface area contributed by atoms with Crippen molar-refractivity contribution >= 4 is 21.6 Å². The maximum atomic E-state index is 13.6. The Balaban J connectivity index is 2.12. The Morgan fingerprint density at radius 1 is 1.04 bits per heavy atom. The average molecular weight is 383 g/mol. The van der Waals surface area contributed by atoms with E-state index in [4.69, 9.17) is 0 Å². The molecule has 0 aliphatic carbocycles. The van der Waals surface area contributed by atoms with E-state index in [2.05, 4.69) is 5.32 Å². The number of halogens is 2. The van der Waals surface area contributed by atoms with E-state index < -0.39 is 27.3 Å². The van der Waals surface area contributed by atoms with E-state index in [0.29, 0.717) is 13.1 Å². The molecule has 0 saturated heterocycles. The van der Waals surface area contributed by atoms with E-state index in [-0.39, 0.29) is 16.4 Å². The van der Waals surface area contributed by atoms with E-state index in [1.54, 1.807) is 0 Å². The average Bonchev–Trinajstić information content (AvgIpc) is 2.58. The summed E-state index contributed by atoms with van der Waals surface area (Å²) >= 11 is 0. The van der Waals surface area contributed by atoms with Crippen LogP contribution in [-0.2, 0) is 10.0 Å². The Morgan fingerprint density at radius 3 is 2.15 bits per heavy atom. The van der Waals surface area contributed by atoms with E-state index >= 15 is 0 Å². The molecule has 26 heavy (non-hydrogen) atoms. The number of carbonyl (C=O) groups is 1. The molecule has 140 valence electrons. The molecule has 0 bridgehead atoms. The highest BCUT2D eigenvalue weighted by Gasteiger charge is 2.19. The van der Waals surface area contributed by atoms with Gasteiger partial charge in [-0.3, -0.25) is 9.52 Å². The van der Waals surface area contributed by atoms with Crippen LogP contribution in [-0.4, -0.2) is 46.4 Å². The van der Waals surface area contributed by atoms with Gasteiger partial charge >= 0.3 is 0 Å². The van der Waals surface area contributed by atoms with Crippen LogP contribution in [0.25, 0.3) is 0 Å². The lowest BCUT2D eigenvalue weighted by atomic mass is 10.2. The molecule has 0 aromatic heterocycles. The first-order valence-electron chi connectivity index (χ1n) is 7.70. The van der Waals surface area contributed by atoms with Crippen molar-refractivity contribution < 1.29 is 22.0 Å². The fourth-order valence-electron chi connectivity index (χ4n) is 2.07. The normalized spacial score (nSPS) is 11.4. The molecular formula is C17H19F2N3O3S. The number of para-hydroxylation sites is 1. The van der Waals surface area contributed by atoms with Crippen molar-refractivity contribution in [2.24, 2.45) is 0 Å². The maximum absolute atomic E-state index is 13.6. The van der Waals surface area contributed by atoms with Crippen molar-refractivity contribution in [3.63, 3.8) is 0 Å². The van der Waals surface area contributed by atoms with Gasteiger partial charge in [0.05, 0.1) is 4.90 Å². The van der Waals surface area contributed by atoms with Crippen LogP contribution < -0.4 is 10.0 Å². The molecule has 9 heteroatoms. The van der Waals surface area contributed by atoms with Crippen LogP contribution in [0.4, 0.5) is 14.5 Å². The first-order chi connectivity index (χ1) is 12.2. The number of carbonyl (C=O) groups excluding carboxylic acids is 1. The minimum atomic E-state index is -4.20. The highest BCUT2D eigenvalue weighted by Crippen LogP contribution is 2.22. The van der Waals surface area contributed by atoms with Gasteiger partial charge in [0.15, 0.2) is 0 Å². The molecule has 6 nitrogen and oxygen atoms in total. The molecule has 0 spiro atoms. The minimum Gasteiger partial charge on any atom is -0.351 e. The molecule has 0 saturated carbocycles. The van der Waals surface area contributed by atoms with Crippen LogP contribution in [0.15, 0.2) is 47.4 Å². The Bertz CT molecular complexity index is 864. The SMILES string of the molecule is CN(C)CCNC(=O)c1ccc(S(=O)(=O)Nc2c(F)cccc2F)cc1. The van der Waals surface area contributed by atoms with Gasteiger partial charge in [0.2, 0.25) is 0 Å². The highest BCUT2D eigenvalue weighted by molar-refractivity contribution is 7.92. The summed E-state index contributed by atoms with van der Waals surface area (Å²) in [7, 11) is -0.453. The third kappa shape index (κ3) is 4.99. The number of anilines is 1. The van der Waals surface area contributed by atoms with Crippen molar-refractivity contribution in [1.29, 1.82) is 0 Å². The van der Waals surface area contributed by atoms with Crippen molar-refractivity contribution in [2.45, 2.75) is 4.90 Å². The molecule has 2 rings (SSSR count). The molecule has 0 unspecified atom stereocenters. The molecule has 0 atom stereocenters. The third-order valence-corrected chi connectivity index (χ3v) is 4.84. The molecule has 0 heterocycles. The summed E-state index contributed by atoms with van der Waals surface area (Å²) in [5.74, 6) is -2.39. The molecule has 1 amide bonds. The van der Waals surface area contributed by atoms with Gasteiger partial charge < -0.3 is 10.2 Å². The number of hydrogen-bond acceptors (Lipinski definition) is 4. The van der Waals surface area contributed by atoms with Gasteiger partial charge in [-0.05, 0) is 50.5 Å². The zero-order valence-corrected chi connectivity index (χ0v) is 15.1. The number of hydrogen-bond donors (Lipinski definition) is 2. The maximum Gasteiger partial charge on any atom is 0.262 e. The van der Waals surface area contributed by atoms with Gasteiger partial charge in [-0.2, -0.15) is 0 Å². The van der Waals surface area contributed by atoms with Crippen LogP contribution in [0, 0.1) is 11.6 Å². The Morgan fingerprint density at radius 2 is 1.62 bits per heavy atom. The molecule has 0 radical (unpaired) electrons. The summed E-state index contributed by atoms with van der Waals surface area (Å²) in [5.41, 5.74) is -0.474. The van der Waals surface area contributed by atoms with Crippen molar-refractivity contribution in [3.8, 4) is 0 Å². The molecule has 2 N–H and O–H groups in total. The second-order valence-electron chi connectivity index (χ2n) is 5.79. The first kappa shape index (κ1) is 19.8. The van der Waals surface area contributed by atoms with Gasteiger partial charge in [0.25, 0.3) is 15.9 Å². The number of rotatable bonds is 7. The lowest BCUT2D eigenvalue weighted by Crippen LogP contribution is -2.31. The summed E-state index contributed by atoms with van der Waals surface area (Å²) in [6, 6.07) is 8.08. The number of benzene rings is 2. The minimum absolute atomic E-state index is 0.218. The van der Waals surface area contributed by atoms with Crippen molar-refractivity contribution in [1.82, 2.24) is 10.2 Å². The number of sulfonamides is 1. The monoisotopic (exact) mass is 383 g/mol. The Hall–Kier alpha value is -2.52. The van der Waals surface area contributed by atoms with Crippen LogP contribution in [0.1, 0.15) is 10.4 Å². The Labute approximate surface area is 150 Å². The number of nitrogens with zero attached hydrogens (tertiary/aromatic N) is 1. The van der Waals surface area contributed by atoms with Gasteiger partial charge in [-0.1, -0.05) is 6.07 Å². The van der Waals surface area contributed by atoms with Gasteiger partial charge in [-0.15, -0.1) is 0 Å². The highest BCUT2D eigenvalue weighted by atomic mass is 32.2. The standard InChI is InChI=1S/C17H19F2N3O3S/c1-22(2)11-10-20-17(23)12-6-8-13(9-7-12)26(24,25)21-16-14(18)4-3-5-15(16)19/h3-9,21H,10-11H2,1-2H3,(H,20,23). The zero-order chi connectivity index (χ0) is 19.3. The van der Waals surface area contributed by atoms with Crippen LogP contribution >= 0.6 is 0 Å². The second-order valence-corrected chi connectivity index (χ2v) is 7.47. The van der Waals surface area contributed by atoms with Gasteiger partial charge in [0, 0.05) is 18.7 Å². The summed E-state index contributed by atoms with van der Waals surface area (Å²) in [4.78, 5) is 13.7. The smallest absolute Gasteiger partial charge is 0.262 e. The summed E-state index contributed by atoms with van der Waals surface area (Å²) in [6.45, 7) is 1.11. The molecular weight excluding hydrogens is 364 g/mol. The number of likely N-dealkylation sites (N-methyl/N-ethyl adjacent to an activating group) is 1. The first-order valence-corrected chi connectivity index (χ1v) is 9.19. The van der Waals surface area contributed by atoms with Crippen molar-refractivity contribution in [2.75, 3.05) is 31.9 Å². The Kier molecular flexibility index (Phi) is 6.27. The quantitative estimate of drug-likeness (QED) is 0.767. The summed E-state index contributed by atoms with van der Waals surface area (Å²) < 4.78 is 53.7. The third-order valence-electron chi connectivity index (χ3n) is 3.47. The fraction of sp³-hybridized carbons (Fsp3) is 0.235. The number of nitrogens with one attached hydrogen (secondary N) is 2. The van der Waals surface area contributed by atoms with E-state index in [1.807, 2.05) is 23.7 Å². The van der Waals surface area contributed by atoms with E-state index in [9.17, 15) is 22.0 Å². The van der Waals surface area contributed by atoms with Gasteiger partial charge in [0.1, 0.15) is 17.3 Å². The van der Waals surface area contributed by atoms with Crippen molar-refractivity contribution in [3.05, 3.63) is 59.7 Å². The summed E-state index contributed by atoms with van der Waals surface area (Å²) in [5, 5.41) is 2.70. The molecule has 2 aromatic carbocycles. The number of amides is 1. The van der Waals surface area contributed by atoms with E-state index in [1.165, 1.54) is 24.3 Å². The van der Waals surface area contributed by atoms with Crippen LogP contribution in [0.5, 0.6) is 0 Å². The fourth-order valence-corrected chi connectivity index (χ4v) is 3.15. The largest absolute Gasteiger partial charge is 0.351 e. The molecule has 2 aromatic rings. The van der Waals surface area contributed by atoms with E-state index in [0.717, 1.165) is 18.2 Å². The molecule has 0 aliphatic rings. The zero-order valence-electron chi connectivity index (χ0n) is 14.3. The lowest BCUT2D eigenvalue weighted by Gasteiger charge is -2.11. The topological polar surface area (TPSA) is 78.5 Å². The predicted molar refractivity (Wildman–Crippen MR) is 94.5 cm³/mol. The summed E-state index contributed by atoms with van der Waals surface area (Å²) in [6.07, 6.45) is 0. The lowest BCUT2D eigenvalue weighted by molar-refractivity contribution is 0.0951. The van der Waals surface area contributed by atoms with Gasteiger partial charge in [-0.25, -0.2) is 17.2 Å². The molecule has 0 aliphatic heterocycles. The van der Waals surface area contributed by atoms with Crippen LogP contribution in [0.2, 0.25) is 0 Å². The van der Waals surface area contributed by atoms with Crippen LogP contribution in [0.3, 0.4) is 0 Å².